The Bertz CT molecular complexity index is 2820. The lowest BCUT2D eigenvalue weighted by Crippen LogP contribution is -2.35. The molecule has 0 N–H and O–H groups in total. The molecule has 0 aromatic heterocycles. The first-order chi connectivity index (χ1) is 28.2. The van der Waals surface area contributed by atoms with Crippen LogP contribution in [0, 0.1) is 0 Å². The molecule has 2 nitrogen and oxygen atoms in total. The summed E-state index contributed by atoms with van der Waals surface area (Å²) in [6.45, 7) is 4.21. The topological polar surface area (TPSA) is 12.5 Å². The van der Waals surface area contributed by atoms with E-state index in [1.54, 1.807) is 0 Å². The van der Waals surface area contributed by atoms with Gasteiger partial charge in [0.25, 0.3) is 0 Å². The van der Waals surface area contributed by atoms with Gasteiger partial charge in [0.1, 0.15) is 11.5 Å². The fraction of sp³-hybridized carbons (Fsp3) is 0.0545. The third kappa shape index (κ3) is 5.64. The number of hydrogen-bond acceptors (Lipinski definition) is 2. The highest BCUT2D eigenvalue weighted by atomic mass is 16.5. The van der Waals surface area contributed by atoms with E-state index in [-0.39, 0.29) is 0 Å². The van der Waals surface area contributed by atoms with Crippen LogP contribution in [0.25, 0.3) is 44.5 Å². The number of nitrogens with zero attached hydrogens (tertiary/aromatic N) is 1. The lowest BCUT2D eigenvalue weighted by Gasteiger charge is -2.41. The molecule has 10 rings (SSSR count). The van der Waals surface area contributed by atoms with Crippen LogP contribution in [0.15, 0.2) is 224 Å². The summed E-state index contributed by atoms with van der Waals surface area (Å²) in [5.74, 6) is 1.79. The summed E-state index contributed by atoms with van der Waals surface area (Å²) >= 11 is 0. The molecule has 0 radical (unpaired) electrons. The average Bonchev–Trinajstić information content (AvgIpc) is 3.57. The zero-order valence-corrected chi connectivity index (χ0v) is 32.1. The van der Waals surface area contributed by atoms with Crippen molar-refractivity contribution in [3.05, 3.63) is 240 Å². The number of rotatable bonds is 6. The van der Waals surface area contributed by atoms with Crippen molar-refractivity contribution in [2.24, 2.45) is 0 Å². The van der Waals surface area contributed by atoms with Crippen LogP contribution in [0.4, 0.5) is 17.1 Å². The van der Waals surface area contributed by atoms with Crippen LogP contribution in [0.2, 0.25) is 0 Å². The van der Waals surface area contributed by atoms with Crippen LogP contribution in [-0.4, -0.2) is 0 Å². The van der Waals surface area contributed by atoms with Crippen LogP contribution >= 0.6 is 0 Å². The molecule has 8 aromatic carbocycles. The Labute approximate surface area is 335 Å². The van der Waals surface area contributed by atoms with E-state index in [2.05, 4.69) is 231 Å². The lowest BCUT2D eigenvalue weighted by molar-refractivity contribution is 0.388. The Balaban J connectivity index is 1.15. The predicted octanol–water partition coefficient (Wildman–Crippen LogP) is 14.7. The Morgan fingerprint density at radius 3 is 1.51 bits per heavy atom. The summed E-state index contributed by atoms with van der Waals surface area (Å²) in [5, 5.41) is 0. The molecule has 1 aliphatic carbocycles. The van der Waals surface area contributed by atoms with Crippen LogP contribution < -0.4 is 9.64 Å². The van der Waals surface area contributed by atoms with Crippen molar-refractivity contribution in [2.75, 3.05) is 4.90 Å². The minimum absolute atomic E-state index is 0.552. The summed E-state index contributed by atoms with van der Waals surface area (Å²) in [4.78, 5) is 2.40. The fourth-order valence-electron chi connectivity index (χ4n) is 9.12. The van der Waals surface area contributed by atoms with Gasteiger partial charge in [-0.2, -0.15) is 0 Å². The van der Waals surface area contributed by atoms with Gasteiger partial charge in [0, 0.05) is 28.2 Å². The van der Waals surface area contributed by atoms with E-state index in [9.17, 15) is 0 Å². The minimum Gasteiger partial charge on any atom is -0.457 e. The number of benzene rings is 8. The first kappa shape index (κ1) is 34.3. The molecular formula is C55H41NO. The van der Waals surface area contributed by atoms with Crippen molar-refractivity contribution < 1.29 is 4.74 Å². The molecule has 272 valence electrons. The molecule has 2 aliphatic rings. The van der Waals surface area contributed by atoms with Gasteiger partial charge < -0.3 is 9.64 Å². The van der Waals surface area contributed by atoms with Crippen molar-refractivity contribution in [1.82, 2.24) is 0 Å². The van der Waals surface area contributed by atoms with Gasteiger partial charge in [-0.1, -0.05) is 158 Å². The van der Waals surface area contributed by atoms with E-state index in [1.807, 2.05) is 0 Å². The highest BCUT2D eigenvalue weighted by molar-refractivity contribution is 5.91. The maximum Gasteiger partial charge on any atom is 0.132 e. The van der Waals surface area contributed by atoms with Crippen molar-refractivity contribution in [3.8, 4) is 50.3 Å². The zero-order chi connectivity index (χ0) is 38.3. The molecule has 1 heterocycles. The molecule has 1 atom stereocenters. The molecular weight excluding hydrogens is 691 g/mol. The van der Waals surface area contributed by atoms with E-state index in [4.69, 9.17) is 4.74 Å². The van der Waals surface area contributed by atoms with Gasteiger partial charge in [-0.3, -0.25) is 0 Å². The number of anilines is 3. The zero-order valence-electron chi connectivity index (χ0n) is 32.1. The second-order valence-corrected chi connectivity index (χ2v) is 14.7. The number of allylic oxidation sites excluding steroid dienone is 3. The van der Waals surface area contributed by atoms with E-state index < -0.39 is 5.41 Å². The molecule has 0 fully saturated rings. The third-order valence-electron chi connectivity index (χ3n) is 11.7. The Morgan fingerprint density at radius 1 is 0.386 bits per heavy atom. The van der Waals surface area contributed by atoms with Gasteiger partial charge in [-0.25, -0.2) is 0 Å². The second kappa shape index (κ2) is 14.2. The summed E-state index contributed by atoms with van der Waals surface area (Å²) < 4.78 is 6.63. The van der Waals surface area contributed by atoms with Gasteiger partial charge in [0.2, 0.25) is 0 Å². The van der Waals surface area contributed by atoms with Gasteiger partial charge in [-0.05, 0) is 124 Å². The Kier molecular flexibility index (Phi) is 8.53. The van der Waals surface area contributed by atoms with Gasteiger partial charge >= 0.3 is 0 Å². The molecule has 8 aromatic rings. The van der Waals surface area contributed by atoms with Crippen molar-refractivity contribution in [2.45, 2.75) is 19.3 Å². The quantitative estimate of drug-likeness (QED) is 0.169. The summed E-state index contributed by atoms with van der Waals surface area (Å²) in [6, 6.07) is 72.5. The molecule has 1 spiro atoms. The molecule has 1 unspecified atom stereocenters. The first-order valence-electron chi connectivity index (χ1n) is 19.7. The number of hydrogen-bond donors (Lipinski definition) is 0. The molecule has 1 aliphatic heterocycles. The highest BCUT2D eigenvalue weighted by Crippen LogP contribution is 2.62. The largest absolute Gasteiger partial charge is 0.457 e. The highest BCUT2D eigenvalue weighted by Gasteiger charge is 2.52. The standard InChI is InChI=1S/C55H41NO/c1-3-49-53(4-2)57-54-25-14-13-24-51(54)55(49)50-23-12-11-22-47(50)48-35-34-46(37-52(48)55)56(44-30-26-40(27-31-44)38-16-7-5-8-17-38)45-32-28-41(29-33-45)43-21-15-20-42(36-43)39-18-9-6-10-19-39/h3-37H,1-2H3/b49-3?,53-4+. The Morgan fingerprint density at radius 2 is 0.877 bits per heavy atom. The molecule has 0 saturated carbocycles. The lowest BCUT2D eigenvalue weighted by atomic mass is 9.65. The van der Waals surface area contributed by atoms with Gasteiger partial charge in [0.15, 0.2) is 0 Å². The van der Waals surface area contributed by atoms with E-state index in [0.717, 1.165) is 39.7 Å². The molecule has 0 saturated heterocycles. The normalized spacial score (nSPS) is 16.5. The summed E-state index contributed by atoms with van der Waals surface area (Å²) in [6.07, 6.45) is 4.35. The van der Waals surface area contributed by atoms with E-state index >= 15 is 0 Å². The van der Waals surface area contributed by atoms with Crippen LogP contribution in [-0.2, 0) is 5.41 Å². The summed E-state index contributed by atoms with van der Waals surface area (Å²) in [5.41, 5.74) is 17.2. The maximum atomic E-state index is 6.63. The van der Waals surface area contributed by atoms with Crippen molar-refractivity contribution in [3.63, 3.8) is 0 Å². The Hall–Kier alpha value is -7.16. The maximum absolute atomic E-state index is 6.63. The number of ether oxygens (including phenoxy) is 1. The van der Waals surface area contributed by atoms with Crippen LogP contribution in [0.1, 0.15) is 30.5 Å². The van der Waals surface area contributed by atoms with E-state index in [1.165, 1.54) is 55.6 Å². The van der Waals surface area contributed by atoms with Gasteiger partial charge in [0.05, 0.1) is 5.41 Å². The SMILES string of the molecule is CC=C1/C(=C\C)Oc2ccccc2C12c1ccccc1-c1ccc(N(c3ccc(-c4ccccc4)cc3)c3ccc(-c4cccc(-c5ccccc5)c4)cc3)cc12. The van der Waals surface area contributed by atoms with Crippen molar-refractivity contribution in [1.29, 1.82) is 0 Å². The average molecular weight is 732 g/mol. The van der Waals surface area contributed by atoms with Crippen LogP contribution in [0.5, 0.6) is 5.75 Å². The monoisotopic (exact) mass is 731 g/mol. The number of fused-ring (bicyclic) bond motifs is 7. The molecule has 57 heavy (non-hydrogen) atoms. The molecule has 0 amide bonds. The predicted molar refractivity (Wildman–Crippen MR) is 237 cm³/mol. The smallest absolute Gasteiger partial charge is 0.132 e. The third-order valence-corrected chi connectivity index (χ3v) is 11.7. The molecule has 0 bridgehead atoms. The van der Waals surface area contributed by atoms with E-state index in [0.29, 0.717) is 0 Å². The van der Waals surface area contributed by atoms with Crippen LogP contribution in [0.3, 0.4) is 0 Å². The minimum atomic E-state index is -0.552. The fourth-order valence-corrected chi connectivity index (χ4v) is 9.12. The number of para-hydroxylation sites is 1. The van der Waals surface area contributed by atoms with Crippen molar-refractivity contribution >= 4 is 17.1 Å². The first-order valence-corrected chi connectivity index (χ1v) is 19.7. The van der Waals surface area contributed by atoms with Gasteiger partial charge in [-0.15, -0.1) is 0 Å². The molecule has 2 heteroatoms. The summed E-state index contributed by atoms with van der Waals surface area (Å²) in [7, 11) is 0. The second-order valence-electron chi connectivity index (χ2n) is 14.7.